The molecule has 3 atom stereocenters. The number of rotatable bonds is 4. The number of halogens is 3. The number of aromatic nitrogens is 2. The zero-order valence-corrected chi connectivity index (χ0v) is 17.4. The minimum atomic E-state index is -4.40. The van der Waals surface area contributed by atoms with E-state index < -0.39 is 22.2 Å². The van der Waals surface area contributed by atoms with E-state index in [1.807, 2.05) is 0 Å². The molecule has 164 valence electrons. The number of ether oxygens (including phenoxy) is 1. The lowest BCUT2D eigenvalue weighted by atomic mass is 10.0. The summed E-state index contributed by atoms with van der Waals surface area (Å²) < 4.78 is 73.6. The molecule has 1 aromatic heterocycles. The van der Waals surface area contributed by atoms with Crippen LogP contribution in [0.25, 0.3) is 0 Å². The van der Waals surface area contributed by atoms with Crippen LogP contribution in [-0.2, 0) is 10.0 Å². The van der Waals surface area contributed by atoms with E-state index in [4.69, 9.17) is 4.74 Å². The van der Waals surface area contributed by atoms with Crippen LogP contribution >= 0.6 is 0 Å². The topological polar surface area (TPSA) is 76.5 Å². The van der Waals surface area contributed by atoms with Crippen LogP contribution in [0.15, 0.2) is 35.2 Å². The van der Waals surface area contributed by atoms with Crippen molar-refractivity contribution in [1.82, 2.24) is 14.1 Å². The summed E-state index contributed by atoms with van der Waals surface area (Å²) >= 11 is 0. The van der Waals surface area contributed by atoms with Crippen molar-refractivity contribution in [3.8, 4) is 5.75 Å². The van der Waals surface area contributed by atoms with Gasteiger partial charge >= 0.3 is 6.18 Å². The Morgan fingerprint density at radius 3 is 2.57 bits per heavy atom. The summed E-state index contributed by atoms with van der Waals surface area (Å²) in [5.74, 6) is 0.613. The van der Waals surface area contributed by atoms with Crippen molar-refractivity contribution in [1.29, 1.82) is 0 Å². The van der Waals surface area contributed by atoms with Crippen LogP contribution in [0, 0.1) is 0 Å². The number of sulfonamides is 1. The molecule has 0 aliphatic carbocycles. The number of nitrogens with zero attached hydrogens (tertiary/aromatic N) is 3. The van der Waals surface area contributed by atoms with E-state index in [1.165, 1.54) is 23.5 Å². The molecule has 3 heterocycles. The molecule has 1 unspecified atom stereocenters. The normalized spacial score (nSPS) is 25.0. The maximum atomic E-state index is 13.5. The maximum Gasteiger partial charge on any atom is 0.410 e. The molecular weight excluding hydrogens is 421 g/mol. The Labute approximate surface area is 172 Å². The van der Waals surface area contributed by atoms with Crippen LogP contribution in [0.2, 0.25) is 0 Å². The Morgan fingerprint density at radius 1 is 1.23 bits per heavy atom. The highest BCUT2D eigenvalue weighted by molar-refractivity contribution is 7.89. The molecule has 0 bridgehead atoms. The number of methoxy groups -OCH3 is 1. The molecule has 7 nitrogen and oxygen atoms in total. The largest absolute Gasteiger partial charge is 0.497 e. The lowest BCUT2D eigenvalue weighted by molar-refractivity contribution is -0.173. The number of anilines is 1. The number of hydrogen-bond donors (Lipinski definition) is 1. The number of benzene rings is 1. The molecule has 1 fully saturated rings. The number of alkyl halides is 3. The fourth-order valence-electron chi connectivity index (χ4n) is 4.06. The van der Waals surface area contributed by atoms with Gasteiger partial charge in [0.2, 0.25) is 10.0 Å². The fraction of sp³-hybridized carbons (Fsp3) is 0.526. The van der Waals surface area contributed by atoms with E-state index in [0.29, 0.717) is 23.7 Å². The smallest absolute Gasteiger partial charge is 0.410 e. The van der Waals surface area contributed by atoms with Gasteiger partial charge in [0.05, 0.1) is 17.7 Å². The van der Waals surface area contributed by atoms with Crippen molar-refractivity contribution < 1.29 is 26.3 Å². The average Bonchev–Trinajstić information content (AvgIpc) is 3.33. The van der Waals surface area contributed by atoms with Gasteiger partial charge in [-0.1, -0.05) is 0 Å². The summed E-state index contributed by atoms with van der Waals surface area (Å²) in [6.07, 6.45) is -3.99. The van der Waals surface area contributed by atoms with Crippen LogP contribution in [0.3, 0.4) is 0 Å². The van der Waals surface area contributed by atoms with E-state index in [1.54, 1.807) is 25.1 Å². The lowest BCUT2D eigenvalue weighted by Gasteiger charge is -2.31. The van der Waals surface area contributed by atoms with Crippen LogP contribution < -0.4 is 10.1 Å². The molecular formula is C19H23F3N4O3S. The van der Waals surface area contributed by atoms with E-state index in [-0.39, 0.29) is 36.4 Å². The third-order valence-corrected chi connectivity index (χ3v) is 7.54. The summed E-state index contributed by atoms with van der Waals surface area (Å²) in [7, 11) is -2.20. The summed E-state index contributed by atoms with van der Waals surface area (Å²) in [6.45, 7) is 2.17. The fourth-order valence-corrected chi connectivity index (χ4v) is 5.56. The maximum absolute atomic E-state index is 13.5. The molecule has 0 spiro atoms. The zero-order valence-electron chi connectivity index (χ0n) is 16.6. The predicted molar refractivity (Wildman–Crippen MR) is 104 cm³/mol. The van der Waals surface area contributed by atoms with Gasteiger partial charge in [0.25, 0.3) is 0 Å². The standard InChI is InChI=1S/C19H23F3N4O3S/c1-12-9-17(19(20,21)22)26-18(23-12)10-16(24-26)13-7-8-25(11-13)30(27,28)15-5-3-14(29-2)4-6-15/h3-6,10,12-13,17,23H,7-9,11H2,1-2H3/t12-,13?,17-/m1/s1. The molecule has 4 rings (SSSR count). The number of nitrogens with one attached hydrogen (secondary N) is 1. The summed E-state index contributed by atoms with van der Waals surface area (Å²) in [6, 6.07) is 5.72. The lowest BCUT2D eigenvalue weighted by Crippen LogP contribution is -2.37. The second kappa shape index (κ2) is 7.45. The van der Waals surface area contributed by atoms with E-state index >= 15 is 0 Å². The summed E-state index contributed by atoms with van der Waals surface area (Å²) in [5.41, 5.74) is 0.480. The monoisotopic (exact) mass is 444 g/mol. The van der Waals surface area contributed by atoms with E-state index in [9.17, 15) is 21.6 Å². The zero-order chi connectivity index (χ0) is 21.7. The molecule has 0 saturated carbocycles. The Balaban J connectivity index is 1.55. The average molecular weight is 444 g/mol. The molecule has 2 aromatic rings. The van der Waals surface area contributed by atoms with Crippen molar-refractivity contribution in [2.75, 3.05) is 25.5 Å². The van der Waals surface area contributed by atoms with Crippen molar-refractivity contribution >= 4 is 15.8 Å². The van der Waals surface area contributed by atoms with Crippen LogP contribution in [0.4, 0.5) is 19.0 Å². The first-order valence-corrected chi connectivity index (χ1v) is 11.1. The Kier molecular flexibility index (Phi) is 5.21. The van der Waals surface area contributed by atoms with Crippen LogP contribution in [0.1, 0.15) is 37.4 Å². The molecule has 30 heavy (non-hydrogen) atoms. The van der Waals surface area contributed by atoms with Gasteiger partial charge in [-0.2, -0.15) is 22.6 Å². The van der Waals surface area contributed by atoms with E-state index in [2.05, 4.69) is 10.4 Å². The molecule has 0 amide bonds. The van der Waals surface area contributed by atoms with Gasteiger partial charge in [-0.15, -0.1) is 0 Å². The molecule has 1 aromatic carbocycles. The highest BCUT2D eigenvalue weighted by Gasteiger charge is 2.46. The molecule has 11 heteroatoms. The quantitative estimate of drug-likeness (QED) is 0.783. The van der Waals surface area contributed by atoms with Crippen molar-refractivity contribution in [3.05, 3.63) is 36.0 Å². The summed E-state index contributed by atoms with van der Waals surface area (Å²) in [5, 5.41) is 7.26. The first-order valence-electron chi connectivity index (χ1n) is 9.66. The number of fused-ring (bicyclic) bond motifs is 1. The molecule has 2 aliphatic heterocycles. The van der Waals surface area contributed by atoms with Crippen molar-refractivity contribution in [3.63, 3.8) is 0 Å². The molecule has 0 radical (unpaired) electrons. The predicted octanol–water partition coefficient (Wildman–Crippen LogP) is 3.38. The van der Waals surface area contributed by atoms with Gasteiger partial charge in [0, 0.05) is 31.1 Å². The third kappa shape index (κ3) is 3.76. The first kappa shape index (κ1) is 21.0. The second-order valence-electron chi connectivity index (χ2n) is 7.76. The third-order valence-electron chi connectivity index (χ3n) is 5.67. The second-order valence-corrected chi connectivity index (χ2v) is 9.70. The number of hydrogen-bond acceptors (Lipinski definition) is 5. The Hall–Kier alpha value is -2.27. The highest BCUT2D eigenvalue weighted by Crippen LogP contribution is 2.41. The van der Waals surface area contributed by atoms with Crippen molar-refractivity contribution in [2.24, 2.45) is 0 Å². The van der Waals surface area contributed by atoms with Gasteiger partial charge in [-0.05, 0) is 44.0 Å². The van der Waals surface area contributed by atoms with Gasteiger partial charge in [-0.25, -0.2) is 13.1 Å². The van der Waals surface area contributed by atoms with Crippen LogP contribution in [0.5, 0.6) is 5.75 Å². The van der Waals surface area contributed by atoms with Gasteiger partial charge < -0.3 is 10.1 Å². The summed E-state index contributed by atoms with van der Waals surface area (Å²) in [4.78, 5) is 0.153. The Bertz CT molecular complexity index is 1020. The van der Waals surface area contributed by atoms with Crippen LogP contribution in [-0.4, -0.2) is 54.9 Å². The molecule has 1 N–H and O–H groups in total. The SMILES string of the molecule is COc1ccc(S(=O)(=O)N2CCC(c3cc4n(n3)[C@@H](C(F)(F)F)C[C@@H](C)N4)C2)cc1. The van der Waals surface area contributed by atoms with E-state index in [0.717, 1.165) is 4.68 Å². The minimum Gasteiger partial charge on any atom is -0.497 e. The van der Waals surface area contributed by atoms with Gasteiger partial charge in [0.1, 0.15) is 11.6 Å². The van der Waals surface area contributed by atoms with Gasteiger partial charge in [-0.3, -0.25) is 0 Å². The van der Waals surface area contributed by atoms with Gasteiger partial charge in [0.15, 0.2) is 6.04 Å². The molecule has 1 saturated heterocycles. The minimum absolute atomic E-state index is 0.0970. The molecule has 2 aliphatic rings. The Morgan fingerprint density at radius 2 is 1.93 bits per heavy atom. The van der Waals surface area contributed by atoms with Crippen molar-refractivity contribution in [2.45, 2.75) is 48.8 Å². The highest BCUT2D eigenvalue weighted by atomic mass is 32.2. The first-order chi connectivity index (χ1) is 14.1.